The molecule has 1 amide bonds. The molecule has 2 aromatic carbocycles. The molecule has 34 heavy (non-hydrogen) atoms. The minimum atomic E-state index is -0.733. The van der Waals surface area contributed by atoms with E-state index >= 15 is 0 Å². The van der Waals surface area contributed by atoms with Gasteiger partial charge >= 0.3 is 0 Å². The van der Waals surface area contributed by atoms with Crippen LogP contribution in [-0.4, -0.2) is 47.4 Å². The Morgan fingerprint density at radius 1 is 1.06 bits per heavy atom. The topological polar surface area (TPSA) is 83.0 Å². The number of nitrogens with zero attached hydrogens (tertiary/aromatic N) is 3. The largest absolute Gasteiger partial charge is 0.507 e. The number of likely N-dealkylation sites (tertiary alicyclic amines) is 1. The number of ether oxygens (including phenoxy) is 1. The van der Waals surface area contributed by atoms with Crippen LogP contribution < -0.4 is 9.64 Å². The summed E-state index contributed by atoms with van der Waals surface area (Å²) in [6.45, 7) is 2.60. The number of amides is 1. The van der Waals surface area contributed by atoms with Gasteiger partial charge in [-0.3, -0.25) is 14.6 Å². The van der Waals surface area contributed by atoms with Crippen molar-refractivity contribution in [2.75, 3.05) is 25.6 Å². The van der Waals surface area contributed by atoms with Gasteiger partial charge in [0.15, 0.2) is 0 Å². The fourth-order valence-electron chi connectivity index (χ4n) is 4.06. The van der Waals surface area contributed by atoms with E-state index in [0.717, 1.165) is 16.8 Å². The second kappa shape index (κ2) is 9.79. The zero-order valence-electron chi connectivity index (χ0n) is 19.4. The van der Waals surface area contributed by atoms with Gasteiger partial charge in [0, 0.05) is 44.3 Å². The molecule has 1 aliphatic heterocycles. The number of carbonyl (C=O) groups is 2. The maximum Gasteiger partial charge on any atom is 0.295 e. The van der Waals surface area contributed by atoms with Crippen LogP contribution in [0.15, 0.2) is 78.6 Å². The lowest BCUT2D eigenvalue weighted by atomic mass is 9.95. The average molecular weight is 458 g/mol. The first-order valence-corrected chi connectivity index (χ1v) is 11.1. The van der Waals surface area contributed by atoms with Crippen LogP contribution in [0.5, 0.6) is 5.75 Å². The Hall–Kier alpha value is -4.13. The fraction of sp³-hybridized carbons (Fsp3) is 0.222. The van der Waals surface area contributed by atoms with Crippen LogP contribution in [0.4, 0.5) is 5.69 Å². The molecule has 1 fully saturated rings. The van der Waals surface area contributed by atoms with Gasteiger partial charge in [-0.1, -0.05) is 18.2 Å². The summed E-state index contributed by atoms with van der Waals surface area (Å²) in [5.74, 6) is -0.918. The summed E-state index contributed by atoms with van der Waals surface area (Å²) >= 11 is 0. The molecule has 0 bridgehead atoms. The van der Waals surface area contributed by atoms with Crippen LogP contribution in [0.1, 0.15) is 29.7 Å². The minimum absolute atomic E-state index is 0.0654. The van der Waals surface area contributed by atoms with Crippen LogP contribution in [0.3, 0.4) is 0 Å². The van der Waals surface area contributed by atoms with Crippen molar-refractivity contribution in [2.24, 2.45) is 0 Å². The van der Waals surface area contributed by atoms with Crippen LogP contribution in [0.25, 0.3) is 5.76 Å². The zero-order valence-corrected chi connectivity index (χ0v) is 19.4. The van der Waals surface area contributed by atoms with Gasteiger partial charge in [0.1, 0.15) is 11.5 Å². The zero-order chi connectivity index (χ0) is 24.2. The van der Waals surface area contributed by atoms with E-state index in [1.807, 2.05) is 56.3 Å². The summed E-state index contributed by atoms with van der Waals surface area (Å²) in [5.41, 5.74) is 3.02. The van der Waals surface area contributed by atoms with Crippen LogP contribution in [0.2, 0.25) is 0 Å². The maximum atomic E-state index is 13.2. The van der Waals surface area contributed by atoms with E-state index in [1.54, 1.807) is 42.7 Å². The third kappa shape index (κ3) is 4.50. The van der Waals surface area contributed by atoms with E-state index in [2.05, 4.69) is 4.98 Å². The molecule has 1 unspecified atom stereocenters. The third-order valence-electron chi connectivity index (χ3n) is 5.78. The average Bonchev–Trinajstić information content (AvgIpc) is 3.10. The Morgan fingerprint density at radius 3 is 2.35 bits per heavy atom. The molecule has 0 radical (unpaired) electrons. The number of ketones is 1. The van der Waals surface area contributed by atoms with Crippen molar-refractivity contribution in [1.82, 2.24) is 9.88 Å². The second-order valence-electron chi connectivity index (χ2n) is 8.23. The number of aliphatic hydroxyl groups excluding tert-OH is 1. The summed E-state index contributed by atoms with van der Waals surface area (Å²) in [7, 11) is 3.88. The highest BCUT2D eigenvalue weighted by molar-refractivity contribution is 6.46. The van der Waals surface area contributed by atoms with Gasteiger partial charge in [-0.15, -0.1) is 0 Å². The van der Waals surface area contributed by atoms with E-state index in [1.165, 1.54) is 4.90 Å². The highest BCUT2D eigenvalue weighted by Crippen LogP contribution is 2.40. The summed E-state index contributed by atoms with van der Waals surface area (Å²) in [6, 6.07) is 17.3. The summed E-state index contributed by atoms with van der Waals surface area (Å²) in [5, 5.41) is 11.2. The quantitative estimate of drug-likeness (QED) is 0.326. The van der Waals surface area contributed by atoms with Crippen LogP contribution >= 0.6 is 0 Å². The summed E-state index contributed by atoms with van der Waals surface area (Å²) in [6.07, 6.45) is 3.32. The molecule has 1 N–H and O–H groups in total. The predicted molar refractivity (Wildman–Crippen MR) is 130 cm³/mol. The lowest BCUT2D eigenvalue weighted by molar-refractivity contribution is -0.140. The number of hydrogen-bond donors (Lipinski definition) is 1. The van der Waals surface area contributed by atoms with Crippen molar-refractivity contribution in [3.63, 3.8) is 0 Å². The first kappa shape index (κ1) is 23.0. The number of rotatable bonds is 7. The molecular formula is C27H27N3O4. The molecule has 1 aliphatic rings. The molecule has 1 aromatic heterocycles. The van der Waals surface area contributed by atoms with Crippen LogP contribution in [0, 0.1) is 0 Å². The first-order valence-electron chi connectivity index (χ1n) is 11.1. The van der Waals surface area contributed by atoms with Crippen LogP contribution in [-0.2, 0) is 16.1 Å². The molecule has 1 saturated heterocycles. The van der Waals surface area contributed by atoms with E-state index < -0.39 is 17.7 Å². The molecule has 174 valence electrons. The Morgan fingerprint density at radius 2 is 1.76 bits per heavy atom. The Balaban J connectivity index is 1.81. The smallest absolute Gasteiger partial charge is 0.295 e. The van der Waals surface area contributed by atoms with Gasteiger partial charge in [-0.25, -0.2) is 0 Å². The van der Waals surface area contributed by atoms with Crippen molar-refractivity contribution in [3.05, 3.63) is 95.3 Å². The fourth-order valence-corrected chi connectivity index (χ4v) is 4.06. The van der Waals surface area contributed by atoms with Crippen molar-refractivity contribution in [3.8, 4) is 5.75 Å². The van der Waals surface area contributed by atoms with Crippen molar-refractivity contribution in [1.29, 1.82) is 0 Å². The lowest BCUT2D eigenvalue weighted by Crippen LogP contribution is -2.29. The molecule has 4 rings (SSSR count). The number of anilines is 1. The third-order valence-corrected chi connectivity index (χ3v) is 5.78. The van der Waals surface area contributed by atoms with Gasteiger partial charge in [-0.05, 0) is 60.5 Å². The summed E-state index contributed by atoms with van der Waals surface area (Å²) in [4.78, 5) is 33.9. The number of benzene rings is 2. The van der Waals surface area contributed by atoms with E-state index in [-0.39, 0.29) is 17.9 Å². The molecule has 0 saturated carbocycles. The van der Waals surface area contributed by atoms with Gasteiger partial charge in [-0.2, -0.15) is 0 Å². The number of Topliss-reactive ketones (excluding diaryl/α,β-unsaturated/α-hetero) is 1. The number of aliphatic hydroxyl groups is 1. The maximum absolute atomic E-state index is 13.2. The normalized spacial score (nSPS) is 17.1. The molecule has 3 aromatic rings. The SMILES string of the molecule is CCOc1ccc(/C(O)=C2/C(=O)C(=O)N(Cc3cccnc3)C2c2ccc(N(C)C)cc2)cc1. The number of hydrogen-bond acceptors (Lipinski definition) is 6. The Labute approximate surface area is 198 Å². The lowest BCUT2D eigenvalue weighted by Gasteiger charge is -2.26. The highest BCUT2D eigenvalue weighted by Gasteiger charge is 2.46. The Bertz CT molecular complexity index is 1200. The van der Waals surface area contributed by atoms with E-state index in [0.29, 0.717) is 17.9 Å². The number of aromatic nitrogens is 1. The molecule has 7 nitrogen and oxygen atoms in total. The van der Waals surface area contributed by atoms with Crippen molar-refractivity contribution < 1.29 is 19.4 Å². The van der Waals surface area contributed by atoms with Gasteiger partial charge in [0.05, 0.1) is 18.2 Å². The molecular weight excluding hydrogens is 430 g/mol. The first-order chi connectivity index (χ1) is 16.4. The predicted octanol–water partition coefficient (Wildman–Crippen LogP) is 4.17. The van der Waals surface area contributed by atoms with Gasteiger partial charge in [0.2, 0.25) is 0 Å². The van der Waals surface area contributed by atoms with E-state index in [4.69, 9.17) is 4.74 Å². The standard InChI is InChI=1S/C27H27N3O4/c1-4-34-22-13-9-20(10-14-22)25(31)23-24(19-7-11-21(12-8-19)29(2)3)30(27(33)26(23)32)17-18-6-5-15-28-16-18/h5-16,24,31H,4,17H2,1-3H3/b25-23-. The van der Waals surface area contributed by atoms with Crippen molar-refractivity contribution in [2.45, 2.75) is 19.5 Å². The molecule has 0 aliphatic carbocycles. The van der Waals surface area contributed by atoms with Gasteiger partial charge in [0.25, 0.3) is 11.7 Å². The van der Waals surface area contributed by atoms with Crippen molar-refractivity contribution >= 4 is 23.1 Å². The molecule has 2 heterocycles. The summed E-state index contributed by atoms with van der Waals surface area (Å²) < 4.78 is 5.47. The Kier molecular flexibility index (Phi) is 6.63. The monoisotopic (exact) mass is 457 g/mol. The van der Waals surface area contributed by atoms with Gasteiger partial charge < -0.3 is 19.6 Å². The van der Waals surface area contributed by atoms with E-state index in [9.17, 15) is 14.7 Å². The number of carbonyl (C=O) groups excluding carboxylic acids is 2. The molecule has 0 spiro atoms. The highest BCUT2D eigenvalue weighted by atomic mass is 16.5. The number of pyridine rings is 1. The second-order valence-corrected chi connectivity index (χ2v) is 8.23. The molecule has 7 heteroatoms. The minimum Gasteiger partial charge on any atom is -0.507 e. The molecule has 1 atom stereocenters.